The first-order chi connectivity index (χ1) is 17.6. The number of hydrogen-bond acceptors (Lipinski definition) is 8. The summed E-state index contributed by atoms with van der Waals surface area (Å²) in [4.78, 5) is 49.8. The van der Waals surface area contributed by atoms with Crippen molar-refractivity contribution in [3.05, 3.63) is 29.6 Å². The molecule has 1 aromatic rings. The Hall–Kier alpha value is -4.05. The van der Waals surface area contributed by atoms with E-state index in [9.17, 15) is 23.6 Å². The van der Waals surface area contributed by atoms with E-state index in [1.807, 2.05) is 0 Å². The van der Waals surface area contributed by atoms with E-state index in [0.717, 1.165) is 6.07 Å². The number of hydrogen-bond donors (Lipinski definition) is 4. The van der Waals surface area contributed by atoms with E-state index in [1.54, 1.807) is 41.5 Å². The average Bonchev–Trinajstić information content (AvgIpc) is 3.16. The number of nitrogens with zero attached hydrogens (tertiary/aromatic N) is 1. The first kappa shape index (κ1) is 30.2. The quantitative estimate of drug-likeness (QED) is 0.254. The van der Waals surface area contributed by atoms with Crippen molar-refractivity contribution < 1.29 is 42.9 Å². The maximum absolute atomic E-state index is 14.7. The Morgan fingerprint density at radius 2 is 1.76 bits per heavy atom. The Bertz CT molecular complexity index is 1120. The molecule has 0 aromatic heterocycles. The van der Waals surface area contributed by atoms with Gasteiger partial charge >= 0.3 is 18.3 Å². The second kappa shape index (κ2) is 12.5. The molecular weight excluding hydrogens is 503 g/mol. The smallest absolute Gasteiger partial charge is 0.426 e. The monoisotopic (exact) mass is 536 g/mol. The van der Waals surface area contributed by atoms with Crippen molar-refractivity contribution in [2.45, 2.75) is 71.3 Å². The zero-order valence-electron chi connectivity index (χ0n) is 22.1. The number of carbonyl (C=O) groups is 4. The fourth-order valence-corrected chi connectivity index (χ4v) is 3.01. The van der Waals surface area contributed by atoms with Gasteiger partial charge in [-0.2, -0.15) is 0 Å². The third-order valence-corrected chi connectivity index (χ3v) is 4.57. The summed E-state index contributed by atoms with van der Waals surface area (Å²) in [6.07, 6.45) is -3.48. The van der Waals surface area contributed by atoms with Crippen LogP contribution in [0.2, 0.25) is 0 Å². The molecule has 12 nitrogen and oxygen atoms in total. The molecule has 0 bridgehead atoms. The molecule has 1 aromatic carbocycles. The molecule has 0 saturated carbocycles. The number of alkyl carbamates (subject to hydrolysis) is 1. The van der Waals surface area contributed by atoms with Crippen molar-refractivity contribution in [2.24, 2.45) is 0 Å². The summed E-state index contributed by atoms with van der Waals surface area (Å²) in [5.74, 6) is 3.65. The van der Waals surface area contributed by atoms with Crippen LogP contribution < -0.4 is 21.1 Å². The van der Waals surface area contributed by atoms with Gasteiger partial charge in [0.2, 0.25) is 0 Å². The molecule has 1 heterocycles. The van der Waals surface area contributed by atoms with Crippen molar-refractivity contribution in [3.63, 3.8) is 0 Å². The van der Waals surface area contributed by atoms with Crippen molar-refractivity contribution >= 4 is 29.9 Å². The number of amides is 4. The highest BCUT2D eigenvalue weighted by atomic mass is 19.1. The Balaban J connectivity index is 2.12. The molecule has 1 saturated heterocycles. The number of aliphatic hydroxyl groups excluding tert-OH is 1. The van der Waals surface area contributed by atoms with Crippen LogP contribution in [0.4, 0.5) is 24.5 Å². The topological polar surface area (TPSA) is 156 Å². The van der Waals surface area contributed by atoms with E-state index < -0.39 is 53.4 Å². The second-order valence-electron chi connectivity index (χ2n) is 10.3. The van der Waals surface area contributed by atoms with Gasteiger partial charge in [-0.25, -0.2) is 24.2 Å². The van der Waals surface area contributed by atoms with Crippen LogP contribution in [-0.2, 0) is 19.0 Å². The Morgan fingerprint density at radius 3 is 2.32 bits per heavy atom. The first-order valence-corrected chi connectivity index (χ1v) is 11.7. The van der Waals surface area contributed by atoms with Gasteiger partial charge in [-0.3, -0.25) is 15.1 Å². The van der Waals surface area contributed by atoms with Crippen LogP contribution in [0.5, 0.6) is 0 Å². The van der Waals surface area contributed by atoms with Gasteiger partial charge in [-0.1, -0.05) is 11.8 Å². The van der Waals surface area contributed by atoms with Crippen LogP contribution in [0.3, 0.4) is 0 Å². The summed E-state index contributed by atoms with van der Waals surface area (Å²) < 4.78 is 29.8. The molecule has 13 heteroatoms. The molecule has 2 rings (SSSR count). The minimum atomic E-state index is -1.27. The van der Waals surface area contributed by atoms with Gasteiger partial charge in [0.15, 0.2) is 0 Å². The van der Waals surface area contributed by atoms with Crippen LogP contribution in [0.15, 0.2) is 18.2 Å². The largest absolute Gasteiger partial charge is 0.444 e. The molecule has 1 aliphatic rings. The summed E-state index contributed by atoms with van der Waals surface area (Å²) >= 11 is 0. The second-order valence-corrected chi connectivity index (χ2v) is 10.3. The van der Waals surface area contributed by atoms with Crippen molar-refractivity contribution in [3.8, 4) is 11.8 Å². The molecule has 38 heavy (non-hydrogen) atoms. The lowest BCUT2D eigenvalue weighted by Crippen LogP contribution is -2.53. The number of halogens is 1. The SMILES string of the molecule is CC(C)(C)OC(=O)NNC(=O)C(CC#Cc1ccc(N2C[C@H](CO)OC2=O)cc1F)NC(=O)OC(C)(C)C. The van der Waals surface area contributed by atoms with Gasteiger partial charge in [-0.15, -0.1) is 0 Å². The highest BCUT2D eigenvalue weighted by Crippen LogP contribution is 2.23. The van der Waals surface area contributed by atoms with Gasteiger partial charge in [0.05, 0.1) is 24.4 Å². The third-order valence-electron chi connectivity index (χ3n) is 4.57. The standard InChI is InChI=1S/C25H33FN4O8/c1-24(2,3)37-21(33)27-19(20(32)28-29-22(34)38-25(4,5)6)9-7-8-15-10-11-16(12-18(15)26)30-13-17(14-31)36-23(30)35/h10-12,17,19,31H,9,13-14H2,1-6H3,(H,27,33)(H,28,32)(H,29,34)/t17-,19?/m1/s1. The molecular formula is C25H33FN4O8. The minimum Gasteiger partial charge on any atom is -0.444 e. The molecule has 1 unspecified atom stereocenters. The summed E-state index contributed by atoms with van der Waals surface area (Å²) in [6.45, 7) is 9.58. The lowest BCUT2D eigenvalue weighted by Gasteiger charge is -2.23. The van der Waals surface area contributed by atoms with Gasteiger partial charge in [-0.05, 0) is 59.7 Å². The van der Waals surface area contributed by atoms with Gasteiger partial charge < -0.3 is 24.6 Å². The number of hydrazine groups is 1. The Kier molecular flexibility index (Phi) is 9.90. The van der Waals surface area contributed by atoms with Crippen molar-refractivity contribution in [1.29, 1.82) is 0 Å². The first-order valence-electron chi connectivity index (χ1n) is 11.7. The van der Waals surface area contributed by atoms with E-state index in [0.29, 0.717) is 0 Å². The number of anilines is 1. The number of cyclic esters (lactones) is 1. The number of benzene rings is 1. The normalized spacial score (nSPS) is 15.9. The van der Waals surface area contributed by atoms with E-state index >= 15 is 0 Å². The summed E-state index contributed by atoms with van der Waals surface area (Å²) in [5, 5.41) is 11.5. The van der Waals surface area contributed by atoms with Crippen molar-refractivity contribution in [1.82, 2.24) is 16.2 Å². The number of aliphatic hydroxyl groups is 1. The minimum absolute atomic E-state index is 0.0247. The fourth-order valence-electron chi connectivity index (χ4n) is 3.01. The number of carbonyl (C=O) groups excluding carboxylic acids is 4. The Labute approximate surface area is 220 Å². The predicted molar refractivity (Wildman–Crippen MR) is 133 cm³/mol. The molecule has 2 atom stereocenters. The van der Waals surface area contributed by atoms with Crippen molar-refractivity contribution in [2.75, 3.05) is 18.1 Å². The highest BCUT2D eigenvalue weighted by molar-refractivity contribution is 5.90. The molecule has 208 valence electrons. The molecule has 1 aliphatic heterocycles. The summed E-state index contributed by atoms with van der Waals surface area (Å²) in [6, 6.07) is 2.63. The highest BCUT2D eigenvalue weighted by Gasteiger charge is 2.32. The van der Waals surface area contributed by atoms with Gasteiger partial charge in [0.1, 0.15) is 29.2 Å². The molecule has 0 radical (unpaired) electrons. The number of nitrogens with one attached hydrogen (secondary N) is 3. The van der Waals surface area contributed by atoms with E-state index in [2.05, 4.69) is 28.0 Å². The number of ether oxygens (including phenoxy) is 3. The zero-order valence-corrected chi connectivity index (χ0v) is 22.1. The maximum Gasteiger partial charge on any atom is 0.426 e. The van der Waals surface area contributed by atoms with Crippen LogP contribution in [0.25, 0.3) is 0 Å². The van der Waals surface area contributed by atoms with Gasteiger partial charge in [0.25, 0.3) is 5.91 Å². The summed E-state index contributed by atoms with van der Waals surface area (Å²) in [5.41, 5.74) is 2.79. The predicted octanol–water partition coefficient (Wildman–Crippen LogP) is 2.33. The van der Waals surface area contributed by atoms with E-state index in [1.165, 1.54) is 17.0 Å². The molecule has 0 aliphatic carbocycles. The fraction of sp³-hybridized carbons (Fsp3) is 0.520. The third kappa shape index (κ3) is 9.78. The van der Waals surface area contributed by atoms with Gasteiger partial charge in [0, 0.05) is 6.42 Å². The summed E-state index contributed by atoms with van der Waals surface area (Å²) in [7, 11) is 0. The van der Waals surface area contributed by atoms with Crippen LogP contribution in [0, 0.1) is 17.7 Å². The molecule has 0 spiro atoms. The molecule has 4 amide bonds. The zero-order chi connectivity index (χ0) is 28.7. The average molecular weight is 537 g/mol. The molecule has 4 N–H and O–H groups in total. The lowest BCUT2D eigenvalue weighted by molar-refractivity contribution is -0.124. The van der Waals surface area contributed by atoms with Crippen LogP contribution in [0.1, 0.15) is 53.5 Å². The van der Waals surface area contributed by atoms with Crippen LogP contribution in [-0.4, -0.2) is 65.8 Å². The van der Waals surface area contributed by atoms with E-state index in [4.69, 9.17) is 19.3 Å². The Morgan fingerprint density at radius 1 is 1.13 bits per heavy atom. The molecule has 1 fully saturated rings. The lowest BCUT2D eigenvalue weighted by atomic mass is 10.1. The maximum atomic E-state index is 14.7. The number of rotatable bonds is 5. The van der Waals surface area contributed by atoms with Crippen LogP contribution >= 0.6 is 0 Å². The van der Waals surface area contributed by atoms with E-state index in [-0.39, 0.29) is 30.8 Å².